The molecule has 144 valence electrons. The van der Waals surface area contributed by atoms with Gasteiger partial charge in [-0.1, -0.05) is 18.2 Å². The van der Waals surface area contributed by atoms with Crippen LogP contribution in [0.3, 0.4) is 0 Å². The lowest BCUT2D eigenvalue weighted by atomic mass is 9.97. The van der Waals surface area contributed by atoms with Crippen LogP contribution in [0.5, 0.6) is 0 Å². The van der Waals surface area contributed by atoms with E-state index < -0.39 is 0 Å². The van der Waals surface area contributed by atoms with Gasteiger partial charge in [0.1, 0.15) is 0 Å². The number of nitrogens with zero attached hydrogens (tertiary/aromatic N) is 2. The molecule has 0 radical (unpaired) electrons. The summed E-state index contributed by atoms with van der Waals surface area (Å²) < 4.78 is 0. The second kappa shape index (κ2) is 7.31. The third-order valence-electron chi connectivity index (χ3n) is 4.95. The van der Waals surface area contributed by atoms with Crippen LogP contribution >= 0.6 is 0 Å². The van der Waals surface area contributed by atoms with E-state index in [1.54, 1.807) is 24.5 Å². The second-order valence-electron chi connectivity index (χ2n) is 7.05. The van der Waals surface area contributed by atoms with E-state index in [0.29, 0.717) is 22.4 Å². The number of carbonyl (C=O) groups is 3. The molecule has 0 aliphatic carbocycles. The van der Waals surface area contributed by atoms with Crippen LogP contribution in [0.1, 0.15) is 31.8 Å². The molecule has 0 saturated carbocycles. The van der Waals surface area contributed by atoms with Crippen molar-refractivity contribution in [1.29, 1.82) is 0 Å². The lowest BCUT2D eigenvalue weighted by Gasteiger charge is -2.10. The molecule has 0 fully saturated rings. The number of fused-ring (bicyclic) bond motifs is 1. The average Bonchev–Trinajstić information content (AvgIpc) is 2.93. The van der Waals surface area contributed by atoms with Crippen LogP contribution in [0.2, 0.25) is 0 Å². The Balaban J connectivity index is 1.52. The van der Waals surface area contributed by atoms with E-state index in [9.17, 15) is 14.4 Å². The summed E-state index contributed by atoms with van der Waals surface area (Å²) in [7, 11) is 1.45. The molecule has 0 bridgehead atoms. The molecule has 6 nitrogen and oxygen atoms in total. The van der Waals surface area contributed by atoms with Crippen molar-refractivity contribution in [3.05, 3.63) is 83.2 Å². The number of benzene rings is 2. The summed E-state index contributed by atoms with van der Waals surface area (Å²) in [6.07, 6.45) is 3.48. The molecule has 1 aromatic heterocycles. The fraction of sp³-hybridized carbons (Fsp3) is 0.130. The predicted molar refractivity (Wildman–Crippen MR) is 110 cm³/mol. The number of carbonyl (C=O) groups excluding carboxylic acids is 3. The monoisotopic (exact) mass is 385 g/mol. The molecule has 3 aromatic rings. The molecule has 1 aliphatic rings. The SMILES string of the molecule is Cc1cc(CC(=O)Nc2ccc(-c3ccncc3)cc2)c2c(c1)C(=O)N(C)C2=O. The first-order valence-corrected chi connectivity index (χ1v) is 9.20. The minimum Gasteiger partial charge on any atom is -0.326 e. The van der Waals surface area contributed by atoms with E-state index in [1.807, 2.05) is 43.3 Å². The van der Waals surface area contributed by atoms with Gasteiger partial charge in [-0.15, -0.1) is 0 Å². The Morgan fingerprint density at radius 3 is 2.31 bits per heavy atom. The number of pyridine rings is 1. The number of amides is 3. The Bertz CT molecular complexity index is 1120. The van der Waals surface area contributed by atoms with Crippen molar-refractivity contribution in [2.24, 2.45) is 0 Å². The highest BCUT2D eigenvalue weighted by Gasteiger charge is 2.35. The van der Waals surface area contributed by atoms with E-state index in [4.69, 9.17) is 0 Å². The van der Waals surface area contributed by atoms with Crippen molar-refractivity contribution >= 4 is 23.4 Å². The van der Waals surface area contributed by atoms with Crippen LogP contribution in [0.15, 0.2) is 60.9 Å². The molecule has 0 atom stereocenters. The van der Waals surface area contributed by atoms with Crippen molar-refractivity contribution in [3.63, 3.8) is 0 Å². The van der Waals surface area contributed by atoms with E-state index in [-0.39, 0.29) is 24.1 Å². The second-order valence-corrected chi connectivity index (χ2v) is 7.05. The molecule has 6 heteroatoms. The number of imide groups is 1. The van der Waals surface area contributed by atoms with Crippen molar-refractivity contribution in [1.82, 2.24) is 9.88 Å². The number of rotatable bonds is 4. The minimum atomic E-state index is -0.366. The van der Waals surface area contributed by atoms with Crippen LogP contribution in [-0.2, 0) is 11.2 Å². The van der Waals surface area contributed by atoms with Crippen LogP contribution in [0.4, 0.5) is 5.69 Å². The summed E-state index contributed by atoms with van der Waals surface area (Å²) in [6, 6.07) is 14.8. The van der Waals surface area contributed by atoms with Crippen LogP contribution in [-0.4, -0.2) is 34.7 Å². The van der Waals surface area contributed by atoms with Crippen LogP contribution < -0.4 is 5.32 Å². The topological polar surface area (TPSA) is 79.4 Å². The maximum absolute atomic E-state index is 12.6. The fourth-order valence-electron chi connectivity index (χ4n) is 3.53. The van der Waals surface area contributed by atoms with Crippen molar-refractivity contribution in [2.45, 2.75) is 13.3 Å². The van der Waals surface area contributed by atoms with Crippen molar-refractivity contribution in [3.8, 4) is 11.1 Å². The maximum Gasteiger partial charge on any atom is 0.261 e. The Morgan fingerprint density at radius 2 is 1.62 bits per heavy atom. The molecule has 2 heterocycles. The van der Waals surface area contributed by atoms with Crippen LogP contribution in [0.25, 0.3) is 11.1 Å². The summed E-state index contributed by atoms with van der Waals surface area (Å²) in [4.78, 5) is 42.3. The van der Waals surface area contributed by atoms with Gasteiger partial charge in [-0.2, -0.15) is 0 Å². The number of aromatic nitrogens is 1. The third-order valence-corrected chi connectivity index (χ3v) is 4.95. The van der Waals surface area contributed by atoms with E-state index in [1.165, 1.54) is 7.05 Å². The van der Waals surface area contributed by atoms with Gasteiger partial charge in [-0.3, -0.25) is 24.3 Å². The zero-order valence-corrected chi connectivity index (χ0v) is 16.1. The summed E-state index contributed by atoms with van der Waals surface area (Å²) in [5.41, 5.74) is 4.82. The normalized spacial score (nSPS) is 12.8. The van der Waals surface area contributed by atoms with Gasteiger partial charge in [0.15, 0.2) is 0 Å². The first-order valence-electron chi connectivity index (χ1n) is 9.20. The molecule has 2 aromatic carbocycles. The fourth-order valence-corrected chi connectivity index (χ4v) is 3.53. The number of nitrogens with one attached hydrogen (secondary N) is 1. The third kappa shape index (κ3) is 3.52. The summed E-state index contributed by atoms with van der Waals surface area (Å²) >= 11 is 0. The number of hydrogen-bond donors (Lipinski definition) is 1. The Hall–Kier alpha value is -3.80. The largest absolute Gasteiger partial charge is 0.326 e. The smallest absolute Gasteiger partial charge is 0.261 e. The average molecular weight is 385 g/mol. The van der Waals surface area contributed by atoms with Gasteiger partial charge in [0.25, 0.3) is 11.8 Å². The zero-order valence-electron chi connectivity index (χ0n) is 16.1. The van der Waals surface area contributed by atoms with Gasteiger partial charge >= 0.3 is 0 Å². The van der Waals surface area contributed by atoms with E-state index in [0.717, 1.165) is 21.6 Å². The molecule has 4 rings (SSSR count). The summed E-state index contributed by atoms with van der Waals surface area (Å²) in [5.74, 6) is -0.944. The molecular formula is C23H19N3O3. The maximum atomic E-state index is 12.6. The first-order chi connectivity index (χ1) is 13.9. The predicted octanol–water partition coefficient (Wildman–Crippen LogP) is 3.46. The quantitative estimate of drug-likeness (QED) is 0.698. The number of aryl methyl sites for hydroxylation is 1. The Morgan fingerprint density at radius 1 is 0.966 bits per heavy atom. The van der Waals surface area contributed by atoms with Gasteiger partial charge in [-0.05, 0) is 59.5 Å². The van der Waals surface area contributed by atoms with E-state index in [2.05, 4.69) is 10.3 Å². The molecule has 29 heavy (non-hydrogen) atoms. The van der Waals surface area contributed by atoms with Crippen molar-refractivity contribution in [2.75, 3.05) is 12.4 Å². The lowest BCUT2D eigenvalue weighted by Crippen LogP contribution is -2.24. The molecule has 0 saturated heterocycles. The Labute approximate surface area is 168 Å². The standard InChI is InChI=1S/C23H19N3O3/c1-14-11-17(21-19(12-14)22(28)26(2)23(21)29)13-20(27)25-18-5-3-15(4-6-18)16-7-9-24-10-8-16/h3-12H,13H2,1-2H3,(H,25,27). The number of hydrogen-bond acceptors (Lipinski definition) is 4. The summed E-state index contributed by atoms with van der Waals surface area (Å²) in [6.45, 7) is 1.84. The zero-order chi connectivity index (χ0) is 20.5. The molecule has 1 aliphatic heterocycles. The van der Waals surface area contributed by atoms with E-state index >= 15 is 0 Å². The highest BCUT2D eigenvalue weighted by molar-refractivity contribution is 6.22. The Kier molecular flexibility index (Phi) is 4.68. The van der Waals surface area contributed by atoms with Gasteiger partial charge in [0, 0.05) is 25.1 Å². The molecule has 0 unspecified atom stereocenters. The molecule has 3 amide bonds. The molecular weight excluding hydrogens is 366 g/mol. The van der Waals surface area contributed by atoms with Crippen LogP contribution in [0, 0.1) is 6.92 Å². The van der Waals surface area contributed by atoms with Gasteiger partial charge in [0.05, 0.1) is 17.5 Å². The van der Waals surface area contributed by atoms with Gasteiger partial charge in [-0.25, -0.2) is 0 Å². The highest BCUT2D eigenvalue weighted by atomic mass is 16.2. The molecule has 0 spiro atoms. The first kappa shape index (κ1) is 18.6. The minimum absolute atomic E-state index is 0.0168. The highest BCUT2D eigenvalue weighted by Crippen LogP contribution is 2.27. The molecule has 1 N–H and O–H groups in total. The number of anilines is 1. The summed E-state index contributed by atoms with van der Waals surface area (Å²) in [5, 5.41) is 2.86. The van der Waals surface area contributed by atoms with Gasteiger partial charge in [0.2, 0.25) is 5.91 Å². The van der Waals surface area contributed by atoms with Crippen molar-refractivity contribution < 1.29 is 14.4 Å². The van der Waals surface area contributed by atoms with Gasteiger partial charge < -0.3 is 5.32 Å². The lowest BCUT2D eigenvalue weighted by molar-refractivity contribution is -0.115.